The lowest BCUT2D eigenvalue weighted by Crippen LogP contribution is -2.38. The van der Waals surface area contributed by atoms with Crippen molar-refractivity contribution in [3.8, 4) is 0 Å². The van der Waals surface area contributed by atoms with Gasteiger partial charge in [-0.3, -0.25) is 4.79 Å². The van der Waals surface area contributed by atoms with E-state index < -0.39 is 5.60 Å². The van der Waals surface area contributed by atoms with Crippen molar-refractivity contribution in [1.82, 2.24) is 5.32 Å². The topological polar surface area (TPSA) is 62.5 Å². The summed E-state index contributed by atoms with van der Waals surface area (Å²) in [5.74, 6) is -0.155. The summed E-state index contributed by atoms with van der Waals surface area (Å²) in [4.78, 5) is 11.8. The summed E-state index contributed by atoms with van der Waals surface area (Å²) in [5.41, 5.74) is -0.378. The number of halogens is 1. The van der Waals surface area contributed by atoms with Gasteiger partial charge in [0.15, 0.2) is 10.4 Å². The first-order valence-corrected chi connectivity index (χ1v) is 6.60. The standard InChI is InChI=1S/C14H14BrNO3/c1-14(18,10-5-3-2-4-6-10)9-16-13(17)11-7-8-12(15)19-11/h2-8,18H,9H2,1H3,(H,16,17)/t14-/m1/s1. The summed E-state index contributed by atoms with van der Waals surface area (Å²) in [6.45, 7) is 1.76. The predicted octanol–water partition coefficient (Wildman–Crippen LogP) is 2.68. The molecule has 100 valence electrons. The van der Waals surface area contributed by atoms with Crippen molar-refractivity contribution >= 4 is 21.8 Å². The quantitative estimate of drug-likeness (QED) is 0.909. The zero-order chi connectivity index (χ0) is 13.9. The average Bonchev–Trinajstić information content (AvgIpc) is 2.84. The van der Waals surface area contributed by atoms with E-state index in [0.717, 1.165) is 5.56 Å². The summed E-state index contributed by atoms with van der Waals surface area (Å²) in [5, 5.41) is 13.0. The third-order valence-electron chi connectivity index (χ3n) is 2.79. The molecule has 2 rings (SSSR count). The maximum Gasteiger partial charge on any atom is 0.287 e. The molecule has 5 heteroatoms. The molecule has 1 amide bonds. The van der Waals surface area contributed by atoms with Gasteiger partial charge in [-0.1, -0.05) is 30.3 Å². The molecule has 0 aliphatic heterocycles. The number of aliphatic hydroxyl groups is 1. The molecule has 0 saturated heterocycles. The zero-order valence-corrected chi connectivity index (χ0v) is 12.0. The SMILES string of the molecule is C[C@@](O)(CNC(=O)c1ccc(Br)o1)c1ccccc1. The Morgan fingerprint density at radius 1 is 1.32 bits per heavy atom. The largest absolute Gasteiger partial charge is 0.444 e. The molecule has 19 heavy (non-hydrogen) atoms. The van der Waals surface area contributed by atoms with Crippen LogP contribution in [0.2, 0.25) is 0 Å². The Hall–Kier alpha value is -1.59. The van der Waals surface area contributed by atoms with Gasteiger partial charge < -0.3 is 14.8 Å². The monoisotopic (exact) mass is 323 g/mol. The van der Waals surface area contributed by atoms with Crippen molar-refractivity contribution in [2.24, 2.45) is 0 Å². The fourth-order valence-corrected chi connectivity index (χ4v) is 1.98. The van der Waals surface area contributed by atoms with E-state index in [-0.39, 0.29) is 18.2 Å². The van der Waals surface area contributed by atoms with Crippen molar-refractivity contribution in [2.75, 3.05) is 6.54 Å². The Kier molecular flexibility index (Phi) is 4.07. The van der Waals surface area contributed by atoms with Gasteiger partial charge in [-0.25, -0.2) is 0 Å². The fourth-order valence-electron chi connectivity index (χ4n) is 1.68. The molecule has 0 radical (unpaired) electrons. The van der Waals surface area contributed by atoms with Gasteiger partial charge in [-0.15, -0.1) is 0 Å². The normalized spacial score (nSPS) is 13.8. The van der Waals surface area contributed by atoms with E-state index in [4.69, 9.17) is 4.42 Å². The number of carbonyl (C=O) groups excluding carboxylic acids is 1. The van der Waals surface area contributed by atoms with Gasteiger partial charge in [0.25, 0.3) is 5.91 Å². The van der Waals surface area contributed by atoms with Gasteiger partial charge in [0.05, 0.1) is 6.54 Å². The maximum absolute atomic E-state index is 11.8. The Labute approximate surface area is 119 Å². The second-order valence-electron chi connectivity index (χ2n) is 4.43. The molecule has 0 aliphatic carbocycles. The van der Waals surface area contributed by atoms with Crippen LogP contribution < -0.4 is 5.32 Å². The number of hydrogen-bond acceptors (Lipinski definition) is 3. The molecule has 2 N–H and O–H groups in total. The van der Waals surface area contributed by atoms with Crippen LogP contribution in [0.15, 0.2) is 51.6 Å². The molecule has 0 spiro atoms. The first-order chi connectivity index (χ1) is 8.99. The number of carbonyl (C=O) groups is 1. The van der Waals surface area contributed by atoms with Crippen molar-refractivity contribution in [1.29, 1.82) is 0 Å². The summed E-state index contributed by atoms with van der Waals surface area (Å²) in [6, 6.07) is 12.4. The fraction of sp³-hybridized carbons (Fsp3) is 0.214. The van der Waals surface area contributed by atoms with Gasteiger partial charge >= 0.3 is 0 Å². The van der Waals surface area contributed by atoms with Crippen LogP contribution in [0.3, 0.4) is 0 Å². The molecule has 0 unspecified atom stereocenters. The van der Waals surface area contributed by atoms with Gasteiger partial charge in [0, 0.05) is 0 Å². The third-order valence-corrected chi connectivity index (χ3v) is 3.21. The average molecular weight is 324 g/mol. The number of nitrogens with one attached hydrogen (secondary N) is 1. The highest BCUT2D eigenvalue weighted by Crippen LogP contribution is 2.19. The Bertz CT molecular complexity index is 563. The Morgan fingerprint density at radius 2 is 2.00 bits per heavy atom. The van der Waals surface area contributed by atoms with Crippen molar-refractivity contribution in [3.63, 3.8) is 0 Å². The summed E-state index contributed by atoms with van der Waals surface area (Å²) in [7, 11) is 0. The molecule has 4 nitrogen and oxygen atoms in total. The van der Waals surface area contributed by atoms with Gasteiger partial charge in [0.2, 0.25) is 0 Å². The van der Waals surface area contributed by atoms with Crippen LogP contribution in [-0.4, -0.2) is 17.6 Å². The van der Waals surface area contributed by atoms with E-state index in [1.165, 1.54) is 0 Å². The van der Waals surface area contributed by atoms with E-state index >= 15 is 0 Å². The first kappa shape index (κ1) is 13.8. The first-order valence-electron chi connectivity index (χ1n) is 5.80. The van der Waals surface area contributed by atoms with Crippen LogP contribution in [-0.2, 0) is 5.60 Å². The Balaban J connectivity index is 2.00. The highest BCUT2D eigenvalue weighted by atomic mass is 79.9. The third kappa shape index (κ3) is 3.45. The van der Waals surface area contributed by atoms with Crippen LogP contribution in [0.5, 0.6) is 0 Å². The molecular formula is C14H14BrNO3. The minimum absolute atomic E-state index is 0.105. The molecule has 0 fully saturated rings. The van der Waals surface area contributed by atoms with Crippen molar-refractivity contribution in [3.05, 3.63) is 58.5 Å². The number of hydrogen-bond donors (Lipinski definition) is 2. The minimum atomic E-state index is -1.12. The van der Waals surface area contributed by atoms with Crippen molar-refractivity contribution in [2.45, 2.75) is 12.5 Å². The lowest BCUT2D eigenvalue weighted by Gasteiger charge is -2.23. The predicted molar refractivity (Wildman–Crippen MR) is 74.8 cm³/mol. The van der Waals surface area contributed by atoms with Gasteiger partial charge in [-0.2, -0.15) is 0 Å². The molecular weight excluding hydrogens is 310 g/mol. The molecule has 1 heterocycles. The van der Waals surface area contributed by atoms with E-state index in [2.05, 4.69) is 21.2 Å². The summed E-state index contributed by atoms with van der Waals surface area (Å²) in [6.07, 6.45) is 0. The number of rotatable bonds is 4. The van der Waals surface area contributed by atoms with E-state index in [1.807, 2.05) is 30.3 Å². The number of benzene rings is 1. The second-order valence-corrected chi connectivity index (χ2v) is 5.21. The molecule has 0 saturated carbocycles. The molecule has 1 atom stereocenters. The van der Waals surface area contributed by atoms with Crippen LogP contribution in [0, 0.1) is 0 Å². The molecule has 2 aromatic rings. The molecule has 1 aromatic heterocycles. The summed E-state index contributed by atoms with van der Waals surface area (Å²) >= 11 is 3.13. The number of amides is 1. The maximum atomic E-state index is 11.8. The van der Waals surface area contributed by atoms with Gasteiger partial charge in [0.1, 0.15) is 5.60 Å². The van der Waals surface area contributed by atoms with Crippen LogP contribution in [0.4, 0.5) is 0 Å². The highest BCUT2D eigenvalue weighted by molar-refractivity contribution is 9.10. The Morgan fingerprint density at radius 3 is 2.58 bits per heavy atom. The lowest BCUT2D eigenvalue weighted by molar-refractivity contribution is 0.0518. The van der Waals surface area contributed by atoms with E-state index in [0.29, 0.717) is 4.67 Å². The van der Waals surface area contributed by atoms with E-state index in [9.17, 15) is 9.90 Å². The molecule has 0 bridgehead atoms. The van der Waals surface area contributed by atoms with Crippen LogP contribution in [0.1, 0.15) is 23.0 Å². The lowest BCUT2D eigenvalue weighted by atomic mass is 9.96. The molecule has 0 aliphatic rings. The zero-order valence-electron chi connectivity index (χ0n) is 10.4. The highest BCUT2D eigenvalue weighted by Gasteiger charge is 2.24. The van der Waals surface area contributed by atoms with Gasteiger partial charge in [-0.05, 0) is 40.5 Å². The minimum Gasteiger partial charge on any atom is -0.444 e. The van der Waals surface area contributed by atoms with Crippen LogP contribution in [0.25, 0.3) is 0 Å². The second kappa shape index (κ2) is 5.59. The smallest absolute Gasteiger partial charge is 0.287 e. The molecule has 1 aromatic carbocycles. The van der Waals surface area contributed by atoms with Crippen LogP contribution >= 0.6 is 15.9 Å². The van der Waals surface area contributed by atoms with E-state index in [1.54, 1.807) is 19.1 Å². The number of furan rings is 1. The van der Waals surface area contributed by atoms with Crippen molar-refractivity contribution < 1.29 is 14.3 Å². The summed E-state index contributed by atoms with van der Waals surface area (Å²) < 4.78 is 5.63.